The smallest absolute Gasteiger partial charge is 0.228 e. The highest BCUT2D eigenvalue weighted by Crippen LogP contribution is 2.41. The van der Waals surface area contributed by atoms with Crippen LogP contribution in [0.5, 0.6) is 0 Å². The van der Waals surface area contributed by atoms with Crippen LogP contribution in [0, 0.1) is 5.92 Å². The number of likely N-dealkylation sites (tertiary alicyclic amines) is 1. The first kappa shape index (κ1) is 12.7. The van der Waals surface area contributed by atoms with E-state index in [4.69, 9.17) is 0 Å². The van der Waals surface area contributed by atoms with Gasteiger partial charge in [0.2, 0.25) is 5.91 Å². The Morgan fingerprint density at radius 1 is 1.26 bits per heavy atom. The zero-order valence-electron chi connectivity index (χ0n) is 11.6. The number of nitrogens with one attached hydrogen (secondary N) is 1. The summed E-state index contributed by atoms with van der Waals surface area (Å²) < 4.78 is 1.14. The van der Waals surface area contributed by atoms with Gasteiger partial charge in [-0.15, -0.1) is 0 Å². The Bertz CT molecular complexity index is 455. The normalized spacial score (nSPS) is 30.3. The molecule has 2 atom stereocenters. The summed E-state index contributed by atoms with van der Waals surface area (Å²) in [6, 6.07) is 11.5. The van der Waals surface area contributed by atoms with E-state index in [0.717, 1.165) is 36.6 Å². The van der Waals surface area contributed by atoms with Crippen molar-refractivity contribution in [3.63, 3.8) is 0 Å². The molecular formula is C16H23N2O+. The molecule has 1 aliphatic heterocycles. The van der Waals surface area contributed by atoms with Crippen LogP contribution in [-0.2, 0) is 11.3 Å². The minimum Gasteiger partial charge on any atom is -0.359 e. The average molecular weight is 259 g/mol. The second kappa shape index (κ2) is 4.97. The topological polar surface area (TPSA) is 29.1 Å². The quantitative estimate of drug-likeness (QED) is 0.823. The Morgan fingerprint density at radius 2 is 2.00 bits per heavy atom. The highest BCUT2D eigenvalue weighted by atomic mass is 16.1. The average Bonchev–Trinajstić information content (AvgIpc) is 3.22. The number of carbonyl (C=O) groups is 1. The maximum Gasteiger partial charge on any atom is 0.228 e. The van der Waals surface area contributed by atoms with Crippen molar-refractivity contribution in [2.75, 3.05) is 20.1 Å². The van der Waals surface area contributed by atoms with Crippen molar-refractivity contribution in [1.82, 2.24) is 5.32 Å². The Hall–Kier alpha value is -1.35. The molecule has 0 aromatic heterocycles. The van der Waals surface area contributed by atoms with Crippen LogP contribution in [0.25, 0.3) is 0 Å². The van der Waals surface area contributed by atoms with Crippen LogP contribution < -0.4 is 5.32 Å². The third kappa shape index (κ3) is 2.52. The fourth-order valence-corrected chi connectivity index (χ4v) is 3.63. The van der Waals surface area contributed by atoms with Gasteiger partial charge in [0, 0.05) is 31.9 Å². The number of nitrogens with zero attached hydrogens (tertiary/aromatic N) is 1. The van der Waals surface area contributed by atoms with Crippen molar-refractivity contribution in [1.29, 1.82) is 0 Å². The number of rotatable bonds is 4. The Kier molecular flexibility index (Phi) is 3.31. The van der Waals surface area contributed by atoms with Crippen molar-refractivity contribution in [3.8, 4) is 0 Å². The van der Waals surface area contributed by atoms with E-state index in [2.05, 4.69) is 35.6 Å². The SMILES string of the molecule is CNC(=O)C1CC[N+](Cc2ccccc2)(C2CC2)C1. The van der Waals surface area contributed by atoms with Crippen molar-refractivity contribution in [2.45, 2.75) is 31.8 Å². The molecule has 102 valence electrons. The molecule has 1 aromatic carbocycles. The van der Waals surface area contributed by atoms with Gasteiger partial charge in [0.05, 0.1) is 25.0 Å². The number of amides is 1. The summed E-state index contributed by atoms with van der Waals surface area (Å²) >= 11 is 0. The second-order valence-electron chi connectivity index (χ2n) is 6.10. The van der Waals surface area contributed by atoms with Crippen molar-refractivity contribution in [2.24, 2.45) is 5.92 Å². The summed E-state index contributed by atoms with van der Waals surface area (Å²) in [5.74, 6) is 0.447. The first-order chi connectivity index (χ1) is 9.23. The molecule has 0 radical (unpaired) electrons. The monoisotopic (exact) mass is 259 g/mol. The van der Waals surface area contributed by atoms with Crippen LogP contribution >= 0.6 is 0 Å². The second-order valence-corrected chi connectivity index (χ2v) is 6.10. The lowest BCUT2D eigenvalue weighted by Crippen LogP contribution is -2.48. The maximum atomic E-state index is 11.9. The first-order valence-electron chi connectivity index (χ1n) is 7.35. The summed E-state index contributed by atoms with van der Waals surface area (Å²) in [6.07, 6.45) is 3.73. The third-order valence-corrected chi connectivity index (χ3v) is 4.79. The zero-order valence-corrected chi connectivity index (χ0v) is 11.6. The van der Waals surface area contributed by atoms with Crippen LogP contribution in [0.15, 0.2) is 30.3 Å². The molecule has 0 bridgehead atoms. The van der Waals surface area contributed by atoms with Gasteiger partial charge in [0.25, 0.3) is 0 Å². The van der Waals surface area contributed by atoms with Crippen LogP contribution in [0.3, 0.4) is 0 Å². The lowest BCUT2D eigenvalue weighted by Gasteiger charge is -2.35. The minimum atomic E-state index is 0.217. The molecule has 0 spiro atoms. The fourth-order valence-electron chi connectivity index (χ4n) is 3.63. The van der Waals surface area contributed by atoms with Gasteiger partial charge in [-0.25, -0.2) is 0 Å². The van der Waals surface area contributed by atoms with Gasteiger partial charge in [0.15, 0.2) is 0 Å². The van der Waals surface area contributed by atoms with Gasteiger partial charge < -0.3 is 9.80 Å². The molecule has 1 saturated heterocycles. The van der Waals surface area contributed by atoms with Crippen molar-refractivity contribution < 1.29 is 9.28 Å². The number of quaternary nitrogens is 1. The van der Waals surface area contributed by atoms with E-state index in [1.807, 2.05) is 0 Å². The van der Waals surface area contributed by atoms with Gasteiger partial charge in [-0.05, 0) is 0 Å². The molecule has 2 unspecified atom stereocenters. The lowest BCUT2D eigenvalue weighted by atomic mass is 10.1. The predicted molar refractivity (Wildman–Crippen MR) is 75.3 cm³/mol. The van der Waals surface area contributed by atoms with Gasteiger partial charge in [-0.3, -0.25) is 4.79 Å². The van der Waals surface area contributed by atoms with Gasteiger partial charge in [-0.2, -0.15) is 0 Å². The molecule has 3 nitrogen and oxygen atoms in total. The summed E-state index contributed by atoms with van der Waals surface area (Å²) in [4.78, 5) is 11.9. The number of hydrogen-bond donors (Lipinski definition) is 1. The molecule has 2 aliphatic rings. The van der Waals surface area contributed by atoms with E-state index in [-0.39, 0.29) is 11.8 Å². The van der Waals surface area contributed by atoms with E-state index in [0.29, 0.717) is 0 Å². The molecule has 1 aliphatic carbocycles. The van der Waals surface area contributed by atoms with Crippen molar-refractivity contribution in [3.05, 3.63) is 35.9 Å². The summed E-state index contributed by atoms with van der Waals surface area (Å²) in [7, 11) is 1.75. The summed E-state index contributed by atoms with van der Waals surface area (Å²) in [5, 5.41) is 2.82. The molecular weight excluding hydrogens is 236 g/mol. The largest absolute Gasteiger partial charge is 0.359 e. The molecule has 1 N–H and O–H groups in total. The van der Waals surface area contributed by atoms with E-state index < -0.39 is 0 Å². The summed E-state index contributed by atoms with van der Waals surface area (Å²) in [6.45, 7) is 3.29. The Morgan fingerprint density at radius 3 is 2.63 bits per heavy atom. The Balaban J connectivity index is 1.76. The van der Waals surface area contributed by atoms with E-state index in [9.17, 15) is 4.79 Å². The molecule has 3 heteroatoms. The predicted octanol–water partition coefficient (Wildman–Crippen LogP) is 1.93. The van der Waals surface area contributed by atoms with Crippen LogP contribution in [0.1, 0.15) is 24.8 Å². The zero-order chi connectivity index (χ0) is 13.3. The van der Waals surface area contributed by atoms with Crippen LogP contribution in [0.4, 0.5) is 0 Å². The molecule has 19 heavy (non-hydrogen) atoms. The molecule has 1 saturated carbocycles. The van der Waals surface area contributed by atoms with Crippen molar-refractivity contribution >= 4 is 5.91 Å². The first-order valence-corrected chi connectivity index (χ1v) is 7.35. The Labute approximate surface area is 115 Å². The standard InChI is InChI=1S/C16H22N2O/c1-17-16(19)14-9-10-18(12-14,15-7-8-15)11-13-5-3-2-4-6-13/h2-6,14-15H,7-12H2,1H3/p+1. The summed E-state index contributed by atoms with van der Waals surface area (Å²) in [5.41, 5.74) is 1.41. The molecule has 1 amide bonds. The van der Waals surface area contributed by atoms with Gasteiger partial charge >= 0.3 is 0 Å². The highest BCUT2D eigenvalue weighted by molar-refractivity contribution is 5.78. The van der Waals surface area contributed by atoms with E-state index in [1.54, 1.807) is 7.05 Å². The number of hydrogen-bond acceptors (Lipinski definition) is 1. The van der Waals surface area contributed by atoms with Crippen LogP contribution in [-0.4, -0.2) is 36.6 Å². The molecule has 1 heterocycles. The van der Waals surface area contributed by atoms with E-state index in [1.165, 1.54) is 18.4 Å². The van der Waals surface area contributed by atoms with E-state index >= 15 is 0 Å². The molecule has 3 rings (SSSR count). The number of benzene rings is 1. The molecule has 2 fully saturated rings. The lowest BCUT2D eigenvalue weighted by molar-refractivity contribution is -0.941. The third-order valence-electron chi connectivity index (χ3n) is 4.79. The molecule has 1 aromatic rings. The highest BCUT2D eigenvalue weighted by Gasteiger charge is 2.50. The van der Waals surface area contributed by atoms with Crippen LogP contribution in [0.2, 0.25) is 0 Å². The maximum absolute atomic E-state index is 11.9. The number of carbonyl (C=O) groups excluding carboxylic acids is 1. The van der Waals surface area contributed by atoms with Gasteiger partial charge in [-0.1, -0.05) is 30.3 Å². The van der Waals surface area contributed by atoms with Gasteiger partial charge in [0.1, 0.15) is 6.54 Å². The minimum absolute atomic E-state index is 0.217. The fraction of sp³-hybridized carbons (Fsp3) is 0.562.